The average Bonchev–Trinajstić information content (AvgIpc) is 3.21. The van der Waals surface area contributed by atoms with Crippen LogP contribution in [0.2, 0.25) is 10.0 Å². The van der Waals surface area contributed by atoms with E-state index in [1.54, 1.807) is 26.8 Å². The first-order valence-electron chi connectivity index (χ1n) is 10.8. The molecule has 0 atom stereocenters. The first-order chi connectivity index (χ1) is 16.2. The molecule has 0 saturated heterocycles. The summed E-state index contributed by atoms with van der Waals surface area (Å²) in [7, 11) is 0. The van der Waals surface area contributed by atoms with Crippen molar-refractivity contribution in [2.45, 2.75) is 58.4 Å². The minimum Gasteiger partial charge on any atom is -0.444 e. The van der Waals surface area contributed by atoms with Crippen molar-refractivity contribution < 1.29 is 31.9 Å². The fourth-order valence-electron chi connectivity index (χ4n) is 3.91. The molecule has 0 aromatic heterocycles. The number of nitrogens with one attached hydrogen (secondary N) is 1. The molecule has 1 aliphatic carbocycles. The minimum atomic E-state index is -4.92. The maximum absolute atomic E-state index is 13.8. The van der Waals surface area contributed by atoms with Crippen molar-refractivity contribution in [2.75, 3.05) is 0 Å². The number of carbonyl (C=O) groups excluding carboxylic acids is 2. The Morgan fingerprint density at radius 2 is 1.66 bits per heavy atom. The molecule has 2 aromatic carbocycles. The Morgan fingerprint density at radius 3 is 2.23 bits per heavy atom. The van der Waals surface area contributed by atoms with Crippen LogP contribution in [0.1, 0.15) is 59.8 Å². The lowest BCUT2D eigenvalue weighted by Crippen LogP contribution is -2.32. The third-order valence-corrected chi connectivity index (χ3v) is 5.89. The number of carbonyl (C=O) groups is 2. The molecule has 188 valence electrons. The van der Waals surface area contributed by atoms with Crippen LogP contribution in [0.25, 0.3) is 5.57 Å². The normalized spacial score (nSPS) is 14.0. The molecular formula is C25H23Cl2F4NO3. The van der Waals surface area contributed by atoms with Gasteiger partial charge >= 0.3 is 12.3 Å². The van der Waals surface area contributed by atoms with E-state index in [-0.39, 0.29) is 12.1 Å². The van der Waals surface area contributed by atoms with Crippen molar-refractivity contribution in [1.82, 2.24) is 5.32 Å². The van der Waals surface area contributed by atoms with E-state index in [1.807, 2.05) is 0 Å². The van der Waals surface area contributed by atoms with Crippen LogP contribution in [0.4, 0.5) is 22.4 Å². The van der Waals surface area contributed by atoms with E-state index in [4.69, 9.17) is 27.9 Å². The number of benzene rings is 2. The summed E-state index contributed by atoms with van der Waals surface area (Å²) in [5.41, 5.74) is -0.0975. The maximum atomic E-state index is 13.8. The summed E-state index contributed by atoms with van der Waals surface area (Å²) in [4.78, 5) is 25.0. The van der Waals surface area contributed by atoms with Gasteiger partial charge in [-0.15, -0.1) is 0 Å². The fourth-order valence-corrected chi connectivity index (χ4v) is 4.39. The molecule has 0 unspecified atom stereocenters. The van der Waals surface area contributed by atoms with Crippen molar-refractivity contribution in [3.05, 3.63) is 74.0 Å². The van der Waals surface area contributed by atoms with Crippen molar-refractivity contribution >= 4 is 40.7 Å². The topological polar surface area (TPSA) is 55.4 Å². The maximum Gasteiger partial charge on any atom is 0.417 e. The second-order valence-electron chi connectivity index (χ2n) is 9.11. The van der Waals surface area contributed by atoms with Crippen LogP contribution in [0.3, 0.4) is 0 Å². The third-order valence-electron chi connectivity index (χ3n) is 5.34. The molecule has 1 aliphatic rings. The number of fused-ring (bicyclic) bond motifs is 1. The van der Waals surface area contributed by atoms with Crippen LogP contribution in [0.15, 0.2) is 30.3 Å². The van der Waals surface area contributed by atoms with Gasteiger partial charge in [-0.05, 0) is 80.5 Å². The Balaban J connectivity index is 1.94. The van der Waals surface area contributed by atoms with Gasteiger partial charge in [-0.25, -0.2) is 9.18 Å². The highest BCUT2D eigenvalue weighted by molar-refractivity contribution is 6.35. The number of amides is 1. The zero-order valence-corrected chi connectivity index (χ0v) is 20.7. The minimum absolute atomic E-state index is 0.138. The molecule has 0 radical (unpaired) electrons. The fraction of sp³-hybridized carbons (Fsp3) is 0.360. The van der Waals surface area contributed by atoms with Gasteiger partial charge in [0.2, 0.25) is 0 Å². The van der Waals surface area contributed by atoms with Gasteiger partial charge in [0, 0.05) is 12.1 Å². The van der Waals surface area contributed by atoms with Crippen LogP contribution in [-0.2, 0) is 24.1 Å². The molecule has 1 amide bonds. The monoisotopic (exact) mass is 531 g/mol. The Hall–Kier alpha value is -2.58. The summed E-state index contributed by atoms with van der Waals surface area (Å²) < 4.78 is 60.4. The zero-order valence-electron chi connectivity index (χ0n) is 19.2. The van der Waals surface area contributed by atoms with Gasteiger partial charge in [-0.1, -0.05) is 35.3 Å². The van der Waals surface area contributed by atoms with Crippen molar-refractivity contribution in [3.63, 3.8) is 0 Å². The summed E-state index contributed by atoms with van der Waals surface area (Å²) >= 11 is 11.3. The Morgan fingerprint density at radius 1 is 1.06 bits per heavy atom. The number of ketones is 1. The number of rotatable bonds is 5. The second-order valence-corrected chi connectivity index (χ2v) is 9.93. The van der Waals surface area contributed by atoms with Crippen LogP contribution in [0.5, 0.6) is 0 Å². The Labute approximate surface area is 210 Å². The van der Waals surface area contributed by atoms with E-state index < -0.39 is 50.7 Å². The summed E-state index contributed by atoms with van der Waals surface area (Å²) in [5.74, 6) is -1.89. The molecule has 1 N–H and O–H groups in total. The molecule has 4 nitrogen and oxygen atoms in total. The molecule has 35 heavy (non-hydrogen) atoms. The molecule has 0 fully saturated rings. The van der Waals surface area contributed by atoms with E-state index >= 15 is 0 Å². The van der Waals surface area contributed by atoms with Crippen molar-refractivity contribution in [1.29, 1.82) is 0 Å². The first-order valence-corrected chi connectivity index (χ1v) is 11.5. The number of hydrogen-bond acceptors (Lipinski definition) is 3. The molecule has 0 heterocycles. The molecule has 2 aromatic rings. The van der Waals surface area contributed by atoms with Crippen molar-refractivity contribution in [3.8, 4) is 0 Å². The number of alkyl carbamates (subject to hydrolysis) is 1. The van der Waals surface area contributed by atoms with Gasteiger partial charge in [0.1, 0.15) is 5.60 Å². The molecule has 0 bridgehead atoms. The van der Waals surface area contributed by atoms with E-state index in [9.17, 15) is 27.2 Å². The van der Waals surface area contributed by atoms with E-state index in [0.29, 0.717) is 24.5 Å². The van der Waals surface area contributed by atoms with E-state index in [1.165, 1.54) is 6.07 Å². The Bertz CT molecular complexity index is 1180. The third kappa shape index (κ3) is 6.55. The SMILES string of the molecule is CC(C)(C)OC(=O)NCc1ccc(C(=O)/C=C(/c2cc(Cl)c(F)c(Cl)c2)C(F)(F)F)c2c1CCC2. The second kappa shape index (κ2) is 10.2. The van der Waals surface area contributed by atoms with E-state index in [0.717, 1.165) is 29.7 Å². The molecule has 10 heteroatoms. The standard InChI is InChI=1S/C25H23Cl2F4NO3/c1-24(2,3)35-23(34)32-12-13-7-8-17(16-6-4-5-15(13)16)21(33)11-18(25(29,30)31)14-9-19(26)22(28)20(27)10-14/h7-11H,4-6,12H2,1-3H3,(H,32,34)/b18-11-. The predicted molar refractivity (Wildman–Crippen MR) is 126 cm³/mol. The highest BCUT2D eigenvalue weighted by atomic mass is 35.5. The number of alkyl halides is 3. The molecule has 0 saturated carbocycles. The molecular weight excluding hydrogens is 509 g/mol. The van der Waals surface area contributed by atoms with Crippen LogP contribution < -0.4 is 5.32 Å². The molecule has 0 spiro atoms. The Kier molecular flexibility index (Phi) is 7.86. The lowest BCUT2D eigenvalue weighted by Gasteiger charge is -2.20. The van der Waals surface area contributed by atoms with Crippen LogP contribution in [0, 0.1) is 5.82 Å². The molecule has 3 rings (SSSR count). The summed E-state index contributed by atoms with van der Waals surface area (Å²) in [5, 5.41) is 1.49. The first kappa shape index (κ1) is 27.0. The largest absolute Gasteiger partial charge is 0.444 e. The lowest BCUT2D eigenvalue weighted by molar-refractivity contribution is -0.0689. The van der Waals surface area contributed by atoms with Gasteiger partial charge in [0.15, 0.2) is 11.6 Å². The van der Waals surface area contributed by atoms with Gasteiger partial charge in [0.05, 0.1) is 15.6 Å². The summed E-state index contributed by atoms with van der Waals surface area (Å²) in [6, 6.07) is 4.63. The summed E-state index contributed by atoms with van der Waals surface area (Å²) in [6.07, 6.45) is -3.18. The van der Waals surface area contributed by atoms with Crippen LogP contribution >= 0.6 is 23.2 Å². The lowest BCUT2D eigenvalue weighted by atomic mass is 9.94. The average molecular weight is 532 g/mol. The van der Waals surface area contributed by atoms with Crippen LogP contribution in [-0.4, -0.2) is 23.7 Å². The van der Waals surface area contributed by atoms with Gasteiger partial charge < -0.3 is 10.1 Å². The predicted octanol–water partition coefficient (Wildman–Crippen LogP) is 7.47. The number of hydrogen-bond donors (Lipinski definition) is 1. The van der Waals surface area contributed by atoms with Gasteiger partial charge in [-0.3, -0.25) is 4.79 Å². The smallest absolute Gasteiger partial charge is 0.417 e. The quantitative estimate of drug-likeness (QED) is 0.188. The van der Waals surface area contributed by atoms with Gasteiger partial charge in [0.25, 0.3) is 0 Å². The zero-order chi connectivity index (χ0) is 26.1. The number of allylic oxidation sites excluding steroid dienone is 2. The van der Waals surface area contributed by atoms with E-state index in [2.05, 4.69) is 5.32 Å². The highest BCUT2D eigenvalue weighted by Crippen LogP contribution is 2.38. The number of ether oxygens (including phenoxy) is 1. The van der Waals surface area contributed by atoms with Gasteiger partial charge in [-0.2, -0.15) is 13.2 Å². The number of halogens is 6. The van der Waals surface area contributed by atoms with Crippen molar-refractivity contribution in [2.24, 2.45) is 0 Å². The molecule has 0 aliphatic heterocycles. The highest BCUT2D eigenvalue weighted by Gasteiger charge is 2.36. The summed E-state index contributed by atoms with van der Waals surface area (Å²) in [6.45, 7) is 5.37.